The number of halogens is 7. The molecule has 0 aromatic heterocycles. The molecule has 0 amide bonds. The summed E-state index contributed by atoms with van der Waals surface area (Å²) in [5.41, 5.74) is -1.10. The Morgan fingerprint density at radius 2 is 1.76 bits per heavy atom. The molecule has 120 valence electrons. The SMILES string of the molecule is CCNC(CCC(F)(F)F)c1ccc(Br)cc1C(F)(F)F. The molecule has 1 aromatic carbocycles. The number of hydrogen-bond acceptors (Lipinski definition) is 1. The van der Waals surface area contributed by atoms with Crippen molar-refractivity contribution in [1.82, 2.24) is 5.32 Å². The maximum absolute atomic E-state index is 13.0. The van der Waals surface area contributed by atoms with E-state index in [4.69, 9.17) is 0 Å². The molecule has 1 atom stereocenters. The van der Waals surface area contributed by atoms with Crippen LogP contribution in [-0.2, 0) is 6.18 Å². The highest BCUT2D eigenvalue weighted by molar-refractivity contribution is 9.10. The fraction of sp³-hybridized carbons (Fsp3) is 0.538. The van der Waals surface area contributed by atoms with Gasteiger partial charge in [0.2, 0.25) is 0 Å². The second-order valence-corrected chi connectivity index (χ2v) is 5.41. The van der Waals surface area contributed by atoms with Gasteiger partial charge in [0, 0.05) is 16.9 Å². The highest BCUT2D eigenvalue weighted by Crippen LogP contribution is 2.38. The molecule has 0 radical (unpaired) electrons. The van der Waals surface area contributed by atoms with Gasteiger partial charge in [-0.15, -0.1) is 0 Å². The molecule has 0 aliphatic carbocycles. The van der Waals surface area contributed by atoms with Gasteiger partial charge in [0.05, 0.1) is 5.56 Å². The maximum atomic E-state index is 13.0. The number of benzene rings is 1. The summed E-state index contributed by atoms with van der Waals surface area (Å²) in [5, 5.41) is 2.69. The van der Waals surface area contributed by atoms with E-state index in [-0.39, 0.29) is 16.6 Å². The predicted octanol–water partition coefficient (Wildman–Crippen LogP) is 5.46. The first-order valence-electron chi connectivity index (χ1n) is 6.21. The Hall–Kier alpha value is -0.760. The lowest BCUT2D eigenvalue weighted by molar-refractivity contribution is -0.139. The van der Waals surface area contributed by atoms with Crippen LogP contribution in [0.15, 0.2) is 22.7 Å². The van der Waals surface area contributed by atoms with Gasteiger partial charge in [0.15, 0.2) is 0 Å². The third kappa shape index (κ3) is 5.86. The second kappa shape index (κ2) is 7.00. The molecule has 0 heterocycles. The summed E-state index contributed by atoms with van der Waals surface area (Å²) in [5.74, 6) is 0. The lowest BCUT2D eigenvalue weighted by Gasteiger charge is -2.23. The quantitative estimate of drug-likeness (QED) is 0.671. The highest BCUT2D eigenvalue weighted by atomic mass is 79.9. The molecule has 0 saturated heterocycles. The molecule has 1 nitrogen and oxygen atoms in total. The van der Waals surface area contributed by atoms with E-state index >= 15 is 0 Å². The van der Waals surface area contributed by atoms with Crippen LogP contribution in [0.25, 0.3) is 0 Å². The molecule has 0 aliphatic rings. The molecular weight excluding hydrogens is 364 g/mol. The number of hydrogen-bond donors (Lipinski definition) is 1. The van der Waals surface area contributed by atoms with Crippen LogP contribution in [0.1, 0.15) is 36.9 Å². The Morgan fingerprint density at radius 3 is 2.24 bits per heavy atom. The second-order valence-electron chi connectivity index (χ2n) is 4.49. The van der Waals surface area contributed by atoms with Gasteiger partial charge in [-0.25, -0.2) is 0 Å². The van der Waals surface area contributed by atoms with E-state index in [1.807, 2.05) is 0 Å². The molecule has 0 aliphatic heterocycles. The lowest BCUT2D eigenvalue weighted by atomic mass is 9.96. The van der Waals surface area contributed by atoms with Crippen molar-refractivity contribution in [3.05, 3.63) is 33.8 Å². The van der Waals surface area contributed by atoms with Crippen LogP contribution < -0.4 is 5.32 Å². The normalized spacial score (nSPS) is 14.3. The van der Waals surface area contributed by atoms with Crippen molar-refractivity contribution in [1.29, 1.82) is 0 Å². The lowest BCUT2D eigenvalue weighted by Crippen LogP contribution is -2.25. The Labute approximate surface area is 126 Å². The van der Waals surface area contributed by atoms with E-state index in [0.29, 0.717) is 0 Å². The van der Waals surface area contributed by atoms with Crippen molar-refractivity contribution in [2.24, 2.45) is 0 Å². The predicted molar refractivity (Wildman–Crippen MR) is 70.9 cm³/mol. The largest absolute Gasteiger partial charge is 0.416 e. The molecule has 1 N–H and O–H groups in total. The van der Waals surface area contributed by atoms with Crippen molar-refractivity contribution in [3.8, 4) is 0 Å². The van der Waals surface area contributed by atoms with Gasteiger partial charge in [-0.2, -0.15) is 26.3 Å². The van der Waals surface area contributed by atoms with Crippen LogP contribution in [-0.4, -0.2) is 12.7 Å². The van der Waals surface area contributed by atoms with E-state index < -0.39 is 36.8 Å². The zero-order chi connectivity index (χ0) is 16.3. The van der Waals surface area contributed by atoms with Gasteiger partial charge in [-0.3, -0.25) is 0 Å². The minimum atomic E-state index is -4.62. The maximum Gasteiger partial charge on any atom is 0.416 e. The van der Waals surface area contributed by atoms with E-state index in [1.54, 1.807) is 6.92 Å². The van der Waals surface area contributed by atoms with E-state index in [0.717, 1.165) is 6.07 Å². The Kier molecular flexibility index (Phi) is 6.10. The number of nitrogens with one attached hydrogen (secondary N) is 1. The van der Waals surface area contributed by atoms with Crippen molar-refractivity contribution in [2.75, 3.05) is 6.54 Å². The molecule has 0 saturated carbocycles. The summed E-state index contributed by atoms with van der Waals surface area (Å²) in [7, 11) is 0. The van der Waals surface area contributed by atoms with Crippen LogP contribution >= 0.6 is 15.9 Å². The minimum Gasteiger partial charge on any atom is -0.310 e. The average molecular weight is 378 g/mol. The molecular formula is C13H14BrF6N. The molecule has 1 rings (SSSR count). The smallest absolute Gasteiger partial charge is 0.310 e. The Morgan fingerprint density at radius 1 is 1.14 bits per heavy atom. The third-order valence-corrected chi connectivity index (χ3v) is 3.36. The monoisotopic (exact) mass is 377 g/mol. The van der Waals surface area contributed by atoms with Gasteiger partial charge in [0.25, 0.3) is 0 Å². The fourth-order valence-electron chi connectivity index (χ4n) is 2.00. The average Bonchev–Trinajstić information content (AvgIpc) is 2.32. The van der Waals surface area contributed by atoms with Crippen molar-refractivity contribution >= 4 is 15.9 Å². The van der Waals surface area contributed by atoms with E-state index in [9.17, 15) is 26.3 Å². The summed E-state index contributed by atoms with van der Waals surface area (Å²) in [6, 6.07) is 2.48. The first kappa shape index (κ1) is 18.3. The standard InChI is InChI=1S/C13H14BrF6N/c1-2-21-11(5-6-12(15,16)17)9-4-3-8(14)7-10(9)13(18,19)20/h3-4,7,11,21H,2,5-6H2,1H3. The van der Waals surface area contributed by atoms with Crippen molar-refractivity contribution in [2.45, 2.75) is 38.2 Å². The van der Waals surface area contributed by atoms with Crippen LogP contribution in [0.5, 0.6) is 0 Å². The highest BCUT2D eigenvalue weighted by Gasteiger charge is 2.36. The number of alkyl halides is 6. The van der Waals surface area contributed by atoms with E-state index in [2.05, 4.69) is 21.2 Å². The zero-order valence-electron chi connectivity index (χ0n) is 11.1. The molecule has 1 unspecified atom stereocenters. The molecule has 0 fully saturated rings. The summed E-state index contributed by atoms with van der Waals surface area (Å²) < 4.78 is 76.3. The zero-order valence-corrected chi connectivity index (χ0v) is 12.7. The fourth-order valence-corrected chi connectivity index (χ4v) is 2.36. The topological polar surface area (TPSA) is 12.0 Å². The number of rotatable bonds is 5. The summed E-state index contributed by atoms with van der Waals surface area (Å²) in [6.45, 7) is 1.91. The van der Waals surface area contributed by atoms with Crippen molar-refractivity contribution < 1.29 is 26.3 Å². The Bertz CT molecular complexity index is 469. The van der Waals surface area contributed by atoms with Crippen molar-refractivity contribution in [3.63, 3.8) is 0 Å². The molecule has 0 bridgehead atoms. The van der Waals surface area contributed by atoms with Gasteiger partial charge in [0.1, 0.15) is 0 Å². The Balaban J connectivity index is 3.13. The molecule has 8 heteroatoms. The summed E-state index contributed by atoms with van der Waals surface area (Å²) in [6.07, 6.45) is -10.6. The van der Waals surface area contributed by atoms with Gasteiger partial charge in [-0.05, 0) is 30.7 Å². The van der Waals surface area contributed by atoms with Crippen LogP contribution in [0.2, 0.25) is 0 Å². The van der Waals surface area contributed by atoms with Crippen LogP contribution in [0.4, 0.5) is 26.3 Å². The van der Waals surface area contributed by atoms with Gasteiger partial charge >= 0.3 is 12.4 Å². The van der Waals surface area contributed by atoms with Gasteiger partial charge < -0.3 is 5.32 Å². The first-order chi connectivity index (χ1) is 9.54. The van der Waals surface area contributed by atoms with Crippen LogP contribution in [0.3, 0.4) is 0 Å². The molecule has 1 aromatic rings. The molecule has 21 heavy (non-hydrogen) atoms. The minimum absolute atomic E-state index is 0.170. The summed E-state index contributed by atoms with van der Waals surface area (Å²) >= 11 is 2.95. The summed E-state index contributed by atoms with van der Waals surface area (Å²) in [4.78, 5) is 0. The third-order valence-electron chi connectivity index (χ3n) is 2.86. The molecule has 0 spiro atoms. The first-order valence-corrected chi connectivity index (χ1v) is 7.00. The van der Waals surface area contributed by atoms with Gasteiger partial charge in [-0.1, -0.05) is 28.9 Å². The van der Waals surface area contributed by atoms with Crippen LogP contribution in [0, 0.1) is 0 Å². The van der Waals surface area contributed by atoms with E-state index in [1.165, 1.54) is 12.1 Å².